The molecule has 3 N–H and O–H groups in total. The third-order valence-corrected chi connectivity index (χ3v) is 17.9. The zero-order valence-electron chi connectivity index (χ0n) is 36.0. The molecule has 312 valence electrons. The van der Waals surface area contributed by atoms with Gasteiger partial charge in [0, 0.05) is 40.2 Å². The number of ether oxygens (including phenoxy) is 1. The molecule has 4 saturated carbocycles. The molecule has 0 radical (unpaired) electrons. The largest absolute Gasteiger partial charge is 0.460 e. The minimum atomic E-state index is -1.09. The van der Waals surface area contributed by atoms with E-state index in [-0.39, 0.29) is 35.2 Å². The Morgan fingerprint density at radius 3 is 2.38 bits per heavy atom. The van der Waals surface area contributed by atoms with Gasteiger partial charge in [0.2, 0.25) is 0 Å². The number of esters is 1. The fourth-order valence-corrected chi connectivity index (χ4v) is 14.7. The van der Waals surface area contributed by atoms with Crippen LogP contribution in [0.1, 0.15) is 126 Å². The Bertz CT molecular complexity index is 1680. The van der Waals surface area contributed by atoms with Crippen molar-refractivity contribution in [3.8, 4) is 0 Å². The van der Waals surface area contributed by atoms with E-state index in [9.17, 15) is 14.4 Å². The summed E-state index contributed by atoms with van der Waals surface area (Å²) in [6.45, 7) is 22.8. The summed E-state index contributed by atoms with van der Waals surface area (Å²) in [6.07, 6.45) is 17.7. The number of carbonyl (C=O) groups is 1. The second-order valence-corrected chi connectivity index (χ2v) is 20.9. The molecular weight excluding hydrogens is 698 g/mol. The normalized spacial score (nSPS) is 40.1. The number of hydrogen-bond acceptors (Lipinski definition) is 6. The van der Waals surface area contributed by atoms with Crippen LogP contribution in [0.2, 0.25) is 0 Å². The summed E-state index contributed by atoms with van der Waals surface area (Å²) in [7, 11) is 1.70. The second kappa shape index (κ2) is 15.7. The van der Waals surface area contributed by atoms with E-state index in [2.05, 4.69) is 70.9 Å². The van der Waals surface area contributed by atoms with Crippen molar-refractivity contribution in [2.75, 3.05) is 39.9 Å². The van der Waals surface area contributed by atoms with E-state index in [1.807, 2.05) is 30.3 Å². The smallest absolute Gasteiger partial charge is 0.315 e. The fraction of sp³-hybridized carbons (Fsp3) is 0.735. The first-order valence-corrected chi connectivity index (χ1v) is 22.3. The number of hydroxylamine groups is 2. The summed E-state index contributed by atoms with van der Waals surface area (Å²) in [4.78, 5) is 13.4. The van der Waals surface area contributed by atoms with Crippen LogP contribution in [0.5, 0.6) is 0 Å². The average Bonchev–Trinajstić information content (AvgIpc) is 3.56. The number of alkyl halides is 1. The Morgan fingerprint density at radius 2 is 1.70 bits per heavy atom. The molecule has 0 unspecified atom stereocenters. The molecule has 6 aliphatic carbocycles. The number of carbonyl (C=O) groups excluding carboxylic acids is 1. The molecule has 6 nitrogen and oxygen atoms in total. The van der Waals surface area contributed by atoms with Crippen LogP contribution in [-0.4, -0.2) is 61.7 Å². The summed E-state index contributed by atoms with van der Waals surface area (Å²) in [5.74, 6) is 2.75. The Morgan fingerprint density at radius 1 is 0.929 bits per heavy atom. The van der Waals surface area contributed by atoms with Gasteiger partial charge in [-0.15, -0.1) is 0 Å². The maximum absolute atomic E-state index is 14.8. The highest BCUT2D eigenvalue weighted by Crippen LogP contribution is 2.76. The number of nitrogens with zero attached hydrogens (tertiary/aromatic N) is 1. The fourth-order valence-electron chi connectivity index (χ4n) is 14.7. The molecule has 56 heavy (non-hydrogen) atoms. The van der Waals surface area contributed by atoms with Gasteiger partial charge < -0.3 is 20.6 Å². The molecule has 0 heterocycles. The third-order valence-electron chi connectivity index (χ3n) is 17.9. The number of nitrogens with one attached hydrogen (secondary N) is 2. The van der Waals surface area contributed by atoms with Crippen LogP contribution in [0.15, 0.2) is 65.8 Å². The first-order valence-electron chi connectivity index (χ1n) is 22.3. The predicted molar refractivity (Wildman–Crippen MR) is 227 cm³/mol. The summed E-state index contributed by atoms with van der Waals surface area (Å²) >= 11 is 0. The standard InChI is InChI=1S/C49H74FN3O3.H2/c1-34(2)37-18-25-49(52-29-28-51-30-31-53(8)55)27-26-46(6)39(42(37)49)14-15-41-45(5)21-19-38(44(3,4)40(45)20-22-47(41,46)7)36-16-23-48(33-50,24-17-36)43(54)56-32-35-12-10-9-11-13-35;/h9-13,16,19,37,39-42,51-52,55H,1,14-15,17-18,20-33H2,2-8H3;1H/t37-,39+,40-,41+,42+,45-,46+,47+,48-,49-;/m0./s1. The SMILES string of the molecule is C=C(C)[C@@H]1CC[C@]2(NCCNCCN(C)O)CC[C@]3(C)[C@H](CC[C@@H]4[C@@]5(C)CC=C(C6=CC[C@](CF)(C(=O)OCc7ccccc7)CC6)C(C)(C)[C@@H]5CC[C@]43C)[C@@H]12.[HH]. The number of benzene rings is 1. The van der Waals surface area contributed by atoms with E-state index in [4.69, 9.17) is 4.74 Å². The van der Waals surface area contributed by atoms with Crippen molar-refractivity contribution >= 4 is 5.97 Å². The van der Waals surface area contributed by atoms with Gasteiger partial charge in [-0.3, -0.25) is 4.79 Å². The van der Waals surface area contributed by atoms with Crippen LogP contribution >= 0.6 is 0 Å². The van der Waals surface area contributed by atoms with Gasteiger partial charge >= 0.3 is 5.97 Å². The molecular formula is C49H76FN3O3. The number of rotatable bonds is 13. The molecule has 0 aromatic heterocycles. The average molecular weight is 774 g/mol. The van der Waals surface area contributed by atoms with Crippen molar-refractivity contribution in [1.29, 1.82) is 0 Å². The number of fused-ring (bicyclic) bond motifs is 7. The van der Waals surface area contributed by atoms with Gasteiger partial charge in [0.15, 0.2) is 0 Å². The maximum atomic E-state index is 14.8. The van der Waals surface area contributed by atoms with Gasteiger partial charge in [0.1, 0.15) is 13.3 Å². The highest BCUT2D eigenvalue weighted by molar-refractivity contribution is 5.78. The van der Waals surface area contributed by atoms with Gasteiger partial charge in [0.05, 0.1) is 5.41 Å². The van der Waals surface area contributed by atoms with Crippen LogP contribution in [0.4, 0.5) is 4.39 Å². The van der Waals surface area contributed by atoms with E-state index >= 15 is 0 Å². The number of allylic oxidation sites excluding steroid dienone is 5. The lowest BCUT2D eigenvalue weighted by atomic mass is 9.33. The van der Waals surface area contributed by atoms with Crippen molar-refractivity contribution in [2.24, 2.45) is 56.7 Å². The Kier molecular flexibility index (Phi) is 11.7. The first kappa shape index (κ1) is 41.8. The third kappa shape index (κ3) is 6.90. The first-order chi connectivity index (χ1) is 26.6. The van der Waals surface area contributed by atoms with Gasteiger partial charge in [-0.25, -0.2) is 4.39 Å². The van der Waals surface area contributed by atoms with E-state index in [1.165, 1.54) is 73.1 Å². The summed E-state index contributed by atoms with van der Waals surface area (Å²) in [6, 6.07) is 9.69. The molecule has 6 aliphatic rings. The summed E-state index contributed by atoms with van der Waals surface area (Å²) in [5.41, 5.74) is 4.98. The summed E-state index contributed by atoms with van der Waals surface area (Å²) in [5, 5.41) is 18.5. The molecule has 0 saturated heterocycles. The zero-order chi connectivity index (χ0) is 40.1. The van der Waals surface area contributed by atoms with Gasteiger partial charge in [-0.05, 0) is 152 Å². The van der Waals surface area contributed by atoms with E-state index in [0.29, 0.717) is 49.0 Å². The van der Waals surface area contributed by atoms with Crippen molar-refractivity contribution in [2.45, 2.75) is 131 Å². The van der Waals surface area contributed by atoms with Crippen molar-refractivity contribution in [1.82, 2.24) is 15.7 Å². The van der Waals surface area contributed by atoms with Gasteiger partial charge in [-0.2, -0.15) is 5.06 Å². The lowest BCUT2D eigenvalue weighted by Crippen LogP contribution is -2.68. The van der Waals surface area contributed by atoms with Crippen LogP contribution in [0, 0.1) is 56.7 Å². The number of likely N-dealkylation sites (N-methyl/N-ethyl adjacent to an activating group) is 1. The van der Waals surface area contributed by atoms with Gasteiger partial charge in [-0.1, -0.05) is 89.3 Å². The highest BCUT2D eigenvalue weighted by atomic mass is 19.1. The molecule has 7 heteroatoms. The highest BCUT2D eigenvalue weighted by Gasteiger charge is 2.70. The van der Waals surface area contributed by atoms with Gasteiger partial charge in [0.25, 0.3) is 0 Å². The van der Waals surface area contributed by atoms with E-state index < -0.39 is 18.1 Å². The van der Waals surface area contributed by atoms with Crippen molar-refractivity contribution in [3.63, 3.8) is 0 Å². The lowest BCUT2D eigenvalue weighted by molar-refractivity contribution is -0.221. The quantitative estimate of drug-likeness (QED) is 0.0802. The van der Waals surface area contributed by atoms with Crippen LogP contribution in [-0.2, 0) is 16.1 Å². The summed E-state index contributed by atoms with van der Waals surface area (Å²) < 4.78 is 20.5. The molecule has 0 spiro atoms. The molecule has 0 bridgehead atoms. The second-order valence-electron chi connectivity index (χ2n) is 20.9. The topological polar surface area (TPSA) is 73.8 Å². The van der Waals surface area contributed by atoms with E-state index in [1.54, 1.807) is 7.05 Å². The number of hydrogen-bond donors (Lipinski definition) is 3. The lowest BCUT2D eigenvalue weighted by Gasteiger charge is -2.72. The molecule has 1 aromatic rings. The maximum Gasteiger partial charge on any atom is 0.315 e. The Balaban J connectivity index is 0.00000549. The van der Waals surface area contributed by atoms with Crippen LogP contribution in [0.3, 0.4) is 0 Å². The minimum absolute atomic E-state index is 0. The van der Waals surface area contributed by atoms with Crippen LogP contribution in [0.25, 0.3) is 0 Å². The Hall–Kier alpha value is -2.32. The molecule has 10 atom stereocenters. The molecule has 1 aromatic carbocycles. The zero-order valence-corrected chi connectivity index (χ0v) is 36.0. The predicted octanol–water partition coefficient (Wildman–Crippen LogP) is 10.5. The molecule has 0 aliphatic heterocycles. The van der Waals surface area contributed by atoms with Crippen molar-refractivity contribution in [3.05, 3.63) is 71.3 Å². The molecule has 4 fully saturated rings. The molecule has 0 amide bonds. The van der Waals surface area contributed by atoms with Crippen LogP contribution < -0.4 is 10.6 Å². The Labute approximate surface area is 340 Å². The van der Waals surface area contributed by atoms with Crippen molar-refractivity contribution < 1.29 is 20.6 Å². The minimum Gasteiger partial charge on any atom is -0.460 e. The monoisotopic (exact) mass is 774 g/mol. The molecule has 7 rings (SSSR count). The number of halogens is 1. The van der Waals surface area contributed by atoms with E-state index in [0.717, 1.165) is 38.0 Å².